The van der Waals surface area contributed by atoms with Gasteiger partial charge in [0.1, 0.15) is 0 Å². The van der Waals surface area contributed by atoms with E-state index in [4.69, 9.17) is 4.74 Å². The number of para-hydroxylation sites is 1. The second-order valence-corrected chi connectivity index (χ2v) is 10.4. The molecule has 3 heterocycles. The summed E-state index contributed by atoms with van der Waals surface area (Å²) in [4.78, 5) is 20.4. The molecule has 4 aromatic rings. The van der Waals surface area contributed by atoms with Gasteiger partial charge in [-0.15, -0.1) is 0 Å². The van der Waals surface area contributed by atoms with Crippen LogP contribution in [0, 0.1) is 13.8 Å². The van der Waals surface area contributed by atoms with Gasteiger partial charge < -0.3 is 14.2 Å². The average Bonchev–Trinajstić information content (AvgIpc) is 3.39. The Morgan fingerprint density at radius 1 is 0.921 bits per heavy atom. The number of hydrogen-bond acceptors (Lipinski definition) is 4. The van der Waals surface area contributed by atoms with Crippen LogP contribution >= 0.6 is 0 Å². The van der Waals surface area contributed by atoms with Gasteiger partial charge >= 0.3 is 5.97 Å². The summed E-state index contributed by atoms with van der Waals surface area (Å²) in [5, 5.41) is 1.10. The van der Waals surface area contributed by atoms with Crippen LogP contribution in [0.4, 0.5) is 5.69 Å². The van der Waals surface area contributed by atoms with Crippen molar-refractivity contribution in [3.63, 3.8) is 0 Å². The first kappa shape index (κ1) is 26.0. The zero-order valence-corrected chi connectivity index (χ0v) is 23.4. The zero-order valence-electron chi connectivity index (χ0n) is 23.4. The van der Waals surface area contributed by atoms with Gasteiger partial charge in [-0.3, -0.25) is 0 Å². The molecule has 1 aliphatic rings. The van der Waals surface area contributed by atoms with E-state index >= 15 is 0 Å². The van der Waals surface area contributed by atoms with E-state index in [9.17, 15) is 4.79 Å². The molecule has 38 heavy (non-hydrogen) atoms. The summed E-state index contributed by atoms with van der Waals surface area (Å²) < 4.78 is 8.84. The number of carbonyl (C=O) groups is 1. The summed E-state index contributed by atoms with van der Waals surface area (Å²) in [7, 11) is 0. The minimum absolute atomic E-state index is 0.371. The maximum absolute atomic E-state index is 13.4. The summed E-state index contributed by atoms with van der Waals surface area (Å²) in [6.07, 6.45) is 6.35. The van der Waals surface area contributed by atoms with Crippen LogP contribution in [-0.4, -0.2) is 28.6 Å². The summed E-state index contributed by atoms with van der Waals surface area (Å²) in [5.41, 5.74) is 6.76. The first-order valence-electron chi connectivity index (χ1n) is 14.1. The largest absolute Gasteiger partial charge is 0.439 e. The molecule has 5 heteroatoms. The maximum atomic E-state index is 13.4. The Morgan fingerprint density at radius 3 is 2.34 bits per heavy atom. The van der Waals surface area contributed by atoms with E-state index in [1.54, 1.807) is 6.20 Å². The number of fused-ring (bicyclic) bond motifs is 2. The molecule has 0 amide bonds. The number of unbranched alkanes of at least 4 members (excludes halogenated alkanes) is 2. The predicted octanol–water partition coefficient (Wildman–Crippen LogP) is 7.54. The van der Waals surface area contributed by atoms with Crippen LogP contribution in [0.3, 0.4) is 0 Å². The van der Waals surface area contributed by atoms with Crippen molar-refractivity contribution >= 4 is 22.6 Å². The lowest BCUT2D eigenvalue weighted by molar-refractivity contribution is 0.0249. The first-order valence-corrected chi connectivity index (χ1v) is 14.1. The average molecular weight is 510 g/mol. The molecule has 1 unspecified atom stereocenters. The molecule has 0 fully saturated rings. The highest BCUT2D eigenvalue weighted by atomic mass is 16.6. The fourth-order valence-electron chi connectivity index (χ4n) is 6.21. The van der Waals surface area contributed by atoms with Crippen molar-refractivity contribution in [3.05, 3.63) is 94.4 Å². The molecule has 0 bridgehead atoms. The number of aryl methyl sites for hydroxylation is 2. The fourth-order valence-corrected chi connectivity index (χ4v) is 6.21. The molecular weight excluding hydrogens is 470 g/mol. The van der Waals surface area contributed by atoms with Crippen molar-refractivity contribution in [2.24, 2.45) is 0 Å². The van der Waals surface area contributed by atoms with Crippen molar-refractivity contribution in [2.75, 3.05) is 18.0 Å². The highest BCUT2D eigenvalue weighted by molar-refractivity contribution is 5.97. The van der Waals surface area contributed by atoms with Gasteiger partial charge in [0, 0.05) is 64.8 Å². The van der Waals surface area contributed by atoms with Gasteiger partial charge in [0.2, 0.25) is 0 Å². The van der Waals surface area contributed by atoms with E-state index in [1.807, 2.05) is 12.1 Å². The molecular formula is C33H39N3O2. The van der Waals surface area contributed by atoms with Crippen molar-refractivity contribution in [2.45, 2.75) is 72.4 Å². The molecule has 0 saturated heterocycles. The van der Waals surface area contributed by atoms with Crippen LogP contribution in [0.1, 0.15) is 84.9 Å². The number of esters is 1. The van der Waals surface area contributed by atoms with E-state index in [-0.39, 0.29) is 5.97 Å². The molecule has 0 saturated carbocycles. The third-order valence-electron chi connectivity index (χ3n) is 8.04. The minimum Gasteiger partial charge on any atom is -0.439 e. The van der Waals surface area contributed by atoms with Crippen molar-refractivity contribution in [1.29, 1.82) is 0 Å². The topological polar surface area (TPSA) is 47.4 Å². The Labute approximate surface area is 226 Å². The first-order chi connectivity index (χ1) is 18.5. The Hall–Kier alpha value is -3.60. The van der Waals surface area contributed by atoms with Crippen LogP contribution in [0.2, 0.25) is 0 Å². The number of aromatic nitrogens is 2. The van der Waals surface area contributed by atoms with Crippen molar-refractivity contribution in [3.8, 4) is 0 Å². The SMILES string of the molecule is CCCCN(CCCC)c1ccc(C2(c3c(C)n(CC)c4ccccc34)OC(=O)c3ncccc32)c(C)c1. The standard InChI is InChI=1S/C33H39N3O2/c1-6-9-20-35(21-10-7-2)25-17-18-27(23(4)22-25)33(28-15-13-19-34-31(28)32(37)38-33)30-24(5)36(8-3)29-16-12-11-14-26(29)30/h11-19,22H,6-10,20-21H2,1-5H3. The van der Waals surface area contributed by atoms with Crippen LogP contribution in [-0.2, 0) is 16.9 Å². The van der Waals surface area contributed by atoms with Crippen LogP contribution < -0.4 is 4.90 Å². The van der Waals surface area contributed by atoms with Gasteiger partial charge in [-0.25, -0.2) is 9.78 Å². The minimum atomic E-state index is -1.06. The van der Waals surface area contributed by atoms with E-state index in [0.29, 0.717) is 5.69 Å². The van der Waals surface area contributed by atoms with Gasteiger partial charge in [0.05, 0.1) is 0 Å². The van der Waals surface area contributed by atoms with E-state index in [2.05, 4.69) is 91.5 Å². The van der Waals surface area contributed by atoms with Crippen LogP contribution in [0.25, 0.3) is 10.9 Å². The Morgan fingerprint density at radius 2 is 1.66 bits per heavy atom. The van der Waals surface area contributed by atoms with E-state index in [1.165, 1.54) is 31.4 Å². The Balaban J connectivity index is 1.76. The molecule has 2 aromatic heterocycles. The second kappa shape index (κ2) is 10.6. The van der Waals surface area contributed by atoms with Crippen LogP contribution in [0.15, 0.2) is 60.8 Å². The summed E-state index contributed by atoms with van der Waals surface area (Å²) >= 11 is 0. The lowest BCUT2D eigenvalue weighted by atomic mass is 9.77. The molecule has 0 radical (unpaired) electrons. The quantitative estimate of drug-likeness (QED) is 0.207. The van der Waals surface area contributed by atoms with Crippen molar-refractivity contribution < 1.29 is 9.53 Å². The summed E-state index contributed by atoms with van der Waals surface area (Å²) in [6.45, 7) is 13.9. The van der Waals surface area contributed by atoms with Gasteiger partial charge in [0.25, 0.3) is 0 Å². The molecule has 0 spiro atoms. The van der Waals surface area contributed by atoms with Crippen LogP contribution in [0.5, 0.6) is 0 Å². The number of nitrogens with zero attached hydrogens (tertiary/aromatic N) is 3. The second-order valence-electron chi connectivity index (χ2n) is 10.4. The maximum Gasteiger partial charge on any atom is 0.358 e. The molecule has 2 aromatic carbocycles. The van der Waals surface area contributed by atoms with E-state index in [0.717, 1.165) is 58.5 Å². The van der Waals surface area contributed by atoms with Gasteiger partial charge in [-0.1, -0.05) is 57.0 Å². The number of hydrogen-bond donors (Lipinski definition) is 0. The van der Waals surface area contributed by atoms with Gasteiger partial charge in [0.15, 0.2) is 11.3 Å². The molecule has 5 nitrogen and oxygen atoms in total. The third kappa shape index (κ3) is 4.09. The monoisotopic (exact) mass is 509 g/mol. The Bertz CT molecular complexity index is 1460. The highest BCUT2D eigenvalue weighted by Gasteiger charge is 2.52. The molecule has 0 aliphatic carbocycles. The molecule has 1 aliphatic heterocycles. The number of anilines is 1. The smallest absolute Gasteiger partial charge is 0.358 e. The number of cyclic esters (lactones) is 1. The fraction of sp³-hybridized carbons (Fsp3) is 0.394. The van der Waals surface area contributed by atoms with Crippen molar-refractivity contribution in [1.82, 2.24) is 9.55 Å². The zero-order chi connectivity index (χ0) is 26.9. The number of carbonyl (C=O) groups excluding carboxylic acids is 1. The number of pyridine rings is 1. The lowest BCUT2D eigenvalue weighted by Crippen LogP contribution is -2.32. The third-order valence-corrected chi connectivity index (χ3v) is 8.04. The van der Waals surface area contributed by atoms with Gasteiger partial charge in [-0.05, 0) is 63.4 Å². The van der Waals surface area contributed by atoms with E-state index < -0.39 is 5.60 Å². The summed E-state index contributed by atoms with van der Waals surface area (Å²) in [5.74, 6) is -0.371. The summed E-state index contributed by atoms with van der Waals surface area (Å²) in [6, 6.07) is 19.0. The number of rotatable bonds is 10. The lowest BCUT2D eigenvalue weighted by Gasteiger charge is -2.33. The normalized spacial score (nSPS) is 16.6. The molecule has 198 valence electrons. The van der Waals surface area contributed by atoms with Gasteiger partial charge in [-0.2, -0.15) is 0 Å². The highest BCUT2D eigenvalue weighted by Crippen LogP contribution is 2.51. The molecule has 1 atom stereocenters. The molecule has 0 N–H and O–H groups in total. The molecule has 5 rings (SSSR count). The number of ether oxygens (including phenoxy) is 1. The Kier molecular flexibility index (Phi) is 7.29. The number of benzene rings is 2. The predicted molar refractivity (Wildman–Crippen MR) is 155 cm³/mol.